The standard InChI is InChI=1S/C37H35N/c1-28-12-14-31(15-13-28)34-20-26-37(27-21-34)38(35-22-16-32(17-23-35)29-8-4-2-5-9-29)36-24-18-33(19-25-36)30-10-6-3-7-11-30/h2,4,8,10,12-27H,3,5-7,9,11H2,1H3. The van der Waals surface area contributed by atoms with Crippen LogP contribution in [0.4, 0.5) is 17.1 Å². The van der Waals surface area contributed by atoms with E-state index in [0.717, 1.165) is 18.5 Å². The maximum absolute atomic E-state index is 2.42. The molecule has 4 aromatic carbocycles. The molecule has 0 fully saturated rings. The lowest BCUT2D eigenvalue weighted by Gasteiger charge is -2.26. The van der Waals surface area contributed by atoms with E-state index in [1.54, 1.807) is 0 Å². The monoisotopic (exact) mass is 493 g/mol. The molecule has 0 atom stereocenters. The summed E-state index contributed by atoms with van der Waals surface area (Å²) in [6.45, 7) is 2.13. The Morgan fingerprint density at radius 2 is 1.03 bits per heavy atom. The zero-order valence-corrected chi connectivity index (χ0v) is 22.2. The van der Waals surface area contributed by atoms with Gasteiger partial charge < -0.3 is 4.90 Å². The van der Waals surface area contributed by atoms with Crippen molar-refractivity contribution in [1.82, 2.24) is 0 Å². The molecule has 0 radical (unpaired) electrons. The van der Waals surface area contributed by atoms with Crippen LogP contribution in [0.1, 0.15) is 55.2 Å². The highest BCUT2D eigenvalue weighted by Crippen LogP contribution is 2.38. The first kappa shape index (κ1) is 24.2. The SMILES string of the molecule is Cc1ccc(-c2ccc(N(c3ccc(C4=CC=CCC4)cc3)c3ccc(C4=CCCCC4)cc3)cc2)cc1. The Bertz CT molecular complexity index is 1460. The van der Waals surface area contributed by atoms with E-state index in [2.05, 4.69) is 133 Å². The van der Waals surface area contributed by atoms with Gasteiger partial charge in [0.25, 0.3) is 0 Å². The van der Waals surface area contributed by atoms with E-state index in [0.29, 0.717) is 0 Å². The molecule has 0 aliphatic heterocycles. The minimum absolute atomic E-state index is 1.11. The molecule has 0 spiro atoms. The van der Waals surface area contributed by atoms with Crippen molar-refractivity contribution in [3.05, 3.63) is 138 Å². The third-order valence-electron chi connectivity index (χ3n) is 7.81. The molecule has 4 aromatic rings. The lowest BCUT2D eigenvalue weighted by atomic mass is 9.93. The zero-order valence-electron chi connectivity index (χ0n) is 22.2. The van der Waals surface area contributed by atoms with Gasteiger partial charge >= 0.3 is 0 Å². The van der Waals surface area contributed by atoms with Crippen LogP contribution in [0.3, 0.4) is 0 Å². The van der Waals surface area contributed by atoms with Gasteiger partial charge in [-0.05, 0) is 115 Å². The Morgan fingerprint density at radius 3 is 1.53 bits per heavy atom. The van der Waals surface area contributed by atoms with E-state index in [9.17, 15) is 0 Å². The molecular formula is C37H35N. The summed E-state index contributed by atoms with van der Waals surface area (Å²) in [5, 5.41) is 0. The van der Waals surface area contributed by atoms with E-state index in [4.69, 9.17) is 0 Å². The Labute approximate surface area is 227 Å². The predicted octanol–water partition coefficient (Wildman–Crippen LogP) is 10.8. The summed E-state index contributed by atoms with van der Waals surface area (Å²) in [7, 11) is 0. The fraction of sp³-hybridized carbons (Fsp3) is 0.189. The summed E-state index contributed by atoms with van der Waals surface area (Å²) in [6.07, 6.45) is 16.3. The maximum Gasteiger partial charge on any atom is 0.0462 e. The normalized spacial score (nSPS) is 15.1. The first-order chi connectivity index (χ1) is 18.7. The van der Waals surface area contributed by atoms with Gasteiger partial charge in [0, 0.05) is 17.1 Å². The molecule has 0 aromatic heterocycles. The Balaban J connectivity index is 1.35. The van der Waals surface area contributed by atoms with E-state index < -0.39 is 0 Å². The number of allylic oxidation sites excluding steroid dienone is 6. The minimum atomic E-state index is 1.11. The van der Waals surface area contributed by atoms with Crippen molar-refractivity contribution in [2.24, 2.45) is 0 Å². The van der Waals surface area contributed by atoms with Gasteiger partial charge in [-0.3, -0.25) is 0 Å². The summed E-state index contributed by atoms with van der Waals surface area (Å²) < 4.78 is 0. The topological polar surface area (TPSA) is 3.24 Å². The van der Waals surface area contributed by atoms with Crippen LogP contribution in [0.25, 0.3) is 22.3 Å². The summed E-state index contributed by atoms with van der Waals surface area (Å²) in [4.78, 5) is 2.37. The van der Waals surface area contributed by atoms with Crippen molar-refractivity contribution in [2.75, 3.05) is 4.90 Å². The van der Waals surface area contributed by atoms with Gasteiger partial charge in [0.1, 0.15) is 0 Å². The van der Waals surface area contributed by atoms with Crippen LogP contribution in [0.15, 0.2) is 121 Å². The smallest absolute Gasteiger partial charge is 0.0462 e. The first-order valence-corrected chi connectivity index (χ1v) is 14.0. The zero-order chi connectivity index (χ0) is 25.7. The molecule has 0 bridgehead atoms. The van der Waals surface area contributed by atoms with Crippen LogP contribution in [0.2, 0.25) is 0 Å². The van der Waals surface area contributed by atoms with Crippen molar-refractivity contribution < 1.29 is 0 Å². The van der Waals surface area contributed by atoms with Gasteiger partial charge in [-0.1, -0.05) is 90.5 Å². The second-order valence-electron chi connectivity index (χ2n) is 10.5. The number of aryl methyl sites for hydroxylation is 1. The molecule has 0 unspecified atom stereocenters. The van der Waals surface area contributed by atoms with E-state index >= 15 is 0 Å². The quantitative estimate of drug-likeness (QED) is 0.258. The number of hydrogen-bond donors (Lipinski definition) is 0. The van der Waals surface area contributed by atoms with Crippen LogP contribution in [-0.4, -0.2) is 0 Å². The second kappa shape index (κ2) is 11.1. The van der Waals surface area contributed by atoms with Crippen molar-refractivity contribution in [3.8, 4) is 11.1 Å². The Kier molecular flexibility index (Phi) is 7.09. The van der Waals surface area contributed by atoms with Crippen LogP contribution < -0.4 is 4.90 Å². The van der Waals surface area contributed by atoms with E-state index in [1.807, 2.05) is 0 Å². The predicted molar refractivity (Wildman–Crippen MR) is 164 cm³/mol. The Morgan fingerprint density at radius 1 is 0.500 bits per heavy atom. The first-order valence-electron chi connectivity index (χ1n) is 14.0. The Hall–Kier alpha value is -4.10. The fourth-order valence-electron chi connectivity index (χ4n) is 5.59. The molecule has 0 N–H and O–H groups in total. The van der Waals surface area contributed by atoms with Gasteiger partial charge in [0.2, 0.25) is 0 Å². The van der Waals surface area contributed by atoms with Gasteiger partial charge in [-0.2, -0.15) is 0 Å². The molecule has 2 aliphatic carbocycles. The van der Waals surface area contributed by atoms with E-state index in [-0.39, 0.29) is 0 Å². The van der Waals surface area contributed by atoms with Crippen LogP contribution >= 0.6 is 0 Å². The third-order valence-corrected chi connectivity index (χ3v) is 7.81. The molecular weight excluding hydrogens is 458 g/mol. The number of hydrogen-bond acceptors (Lipinski definition) is 1. The van der Waals surface area contributed by atoms with Crippen LogP contribution in [0, 0.1) is 6.92 Å². The fourth-order valence-corrected chi connectivity index (χ4v) is 5.59. The molecule has 188 valence electrons. The van der Waals surface area contributed by atoms with Crippen molar-refractivity contribution in [3.63, 3.8) is 0 Å². The lowest BCUT2D eigenvalue weighted by Crippen LogP contribution is -2.10. The molecule has 38 heavy (non-hydrogen) atoms. The average Bonchev–Trinajstić information content (AvgIpc) is 3.00. The summed E-state index contributed by atoms with van der Waals surface area (Å²) in [5.74, 6) is 0. The summed E-state index contributed by atoms with van der Waals surface area (Å²) >= 11 is 0. The van der Waals surface area contributed by atoms with Crippen molar-refractivity contribution in [2.45, 2.75) is 45.4 Å². The molecule has 1 heteroatoms. The third kappa shape index (κ3) is 5.29. The molecule has 2 aliphatic rings. The molecule has 6 rings (SSSR count). The molecule has 0 heterocycles. The van der Waals surface area contributed by atoms with Crippen molar-refractivity contribution >= 4 is 28.2 Å². The number of nitrogens with zero attached hydrogens (tertiary/aromatic N) is 1. The minimum Gasteiger partial charge on any atom is -0.311 e. The lowest BCUT2D eigenvalue weighted by molar-refractivity contribution is 0.742. The average molecular weight is 494 g/mol. The van der Waals surface area contributed by atoms with Gasteiger partial charge in [-0.25, -0.2) is 0 Å². The van der Waals surface area contributed by atoms with Gasteiger partial charge in [0.05, 0.1) is 0 Å². The summed E-state index contributed by atoms with van der Waals surface area (Å²) in [6, 6.07) is 36.0. The van der Waals surface area contributed by atoms with Crippen LogP contribution in [0.5, 0.6) is 0 Å². The van der Waals surface area contributed by atoms with Gasteiger partial charge in [-0.15, -0.1) is 0 Å². The van der Waals surface area contributed by atoms with Crippen molar-refractivity contribution in [1.29, 1.82) is 0 Å². The molecule has 0 saturated carbocycles. The highest BCUT2D eigenvalue weighted by atomic mass is 15.1. The second-order valence-corrected chi connectivity index (χ2v) is 10.5. The number of rotatable bonds is 6. The number of benzene rings is 4. The largest absolute Gasteiger partial charge is 0.311 e. The highest BCUT2D eigenvalue weighted by Gasteiger charge is 2.15. The number of anilines is 3. The van der Waals surface area contributed by atoms with E-state index in [1.165, 1.54) is 76.0 Å². The molecule has 0 amide bonds. The maximum atomic E-state index is 2.42. The molecule has 0 saturated heterocycles. The van der Waals surface area contributed by atoms with Gasteiger partial charge in [0.15, 0.2) is 0 Å². The molecule has 1 nitrogen and oxygen atoms in total. The highest BCUT2D eigenvalue weighted by molar-refractivity contribution is 5.81. The van der Waals surface area contributed by atoms with Crippen LogP contribution in [-0.2, 0) is 0 Å². The summed E-state index contributed by atoms with van der Waals surface area (Å²) in [5.41, 5.74) is 12.9.